The highest BCUT2D eigenvalue weighted by atomic mass is 16.5. The third-order valence-electron chi connectivity index (χ3n) is 5.32. The second-order valence-corrected chi connectivity index (χ2v) is 7.15. The van der Waals surface area contributed by atoms with Crippen molar-refractivity contribution < 1.29 is 19.0 Å². The second kappa shape index (κ2) is 8.51. The van der Waals surface area contributed by atoms with Crippen molar-refractivity contribution in [2.75, 3.05) is 27.9 Å². The maximum Gasteiger partial charge on any atom is 0.254 e. The number of carbonyl (C=O) groups is 1. The zero-order valence-electron chi connectivity index (χ0n) is 17.6. The van der Waals surface area contributed by atoms with Gasteiger partial charge in [0, 0.05) is 29.3 Å². The standard InChI is InChI=1S/C23H23N3O5/c1-29-16-6-4-14(5-7-16)21-24-20-13-26(9-8-19(20)22(27)25-21)23(28)15-10-17(30-2)12-18(11-15)31-3/h4-7,10-12H,8-9,13H2,1-3H3,(H,24,25,27). The van der Waals surface area contributed by atoms with Gasteiger partial charge in [0.1, 0.15) is 23.1 Å². The summed E-state index contributed by atoms with van der Waals surface area (Å²) in [6.45, 7) is 0.679. The normalized spacial score (nSPS) is 12.8. The second-order valence-electron chi connectivity index (χ2n) is 7.15. The first-order chi connectivity index (χ1) is 15.0. The minimum Gasteiger partial charge on any atom is -0.497 e. The van der Waals surface area contributed by atoms with Gasteiger partial charge < -0.3 is 24.1 Å². The van der Waals surface area contributed by atoms with Crippen molar-refractivity contribution >= 4 is 5.91 Å². The van der Waals surface area contributed by atoms with Crippen LogP contribution in [0.2, 0.25) is 0 Å². The molecule has 2 heterocycles. The van der Waals surface area contributed by atoms with Gasteiger partial charge in [0.25, 0.3) is 11.5 Å². The Hall–Kier alpha value is -3.81. The molecular formula is C23H23N3O5. The van der Waals surface area contributed by atoms with Crippen LogP contribution >= 0.6 is 0 Å². The molecule has 0 saturated carbocycles. The Bertz CT molecular complexity index is 1150. The van der Waals surface area contributed by atoms with E-state index in [2.05, 4.69) is 9.97 Å². The number of ether oxygens (including phenoxy) is 3. The van der Waals surface area contributed by atoms with Crippen molar-refractivity contribution in [3.63, 3.8) is 0 Å². The zero-order chi connectivity index (χ0) is 22.0. The van der Waals surface area contributed by atoms with Crippen LogP contribution in [0.5, 0.6) is 17.2 Å². The highest BCUT2D eigenvalue weighted by Gasteiger charge is 2.26. The first-order valence-corrected chi connectivity index (χ1v) is 9.81. The van der Waals surface area contributed by atoms with Crippen LogP contribution < -0.4 is 19.8 Å². The summed E-state index contributed by atoms with van der Waals surface area (Å²) in [6.07, 6.45) is 0.438. The van der Waals surface area contributed by atoms with E-state index in [0.717, 1.165) is 11.3 Å². The quantitative estimate of drug-likeness (QED) is 0.681. The van der Waals surface area contributed by atoms with Crippen molar-refractivity contribution in [1.82, 2.24) is 14.9 Å². The summed E-state index contributed by atoms with van der Waals surface area (Å²) in [5, 5.41) is 0. The van der Waals surface area contributed by atoms with Crippen LogP contribution in [0.25, 0.3) is 11.4 Å². The molecule has 0 bridgehead atoms. The molecule has 0 aliphatic carbocycles. The number of H-pyrrole nitrogens is 1. The fraction of sp³-hybridized carbons (Fsp3) is 0.261. The fourth-order valence-electron chi connectivity index (χ4n) is 3.61. The Balaban J connectivity index is 1.64. The van der Waals surface area contributed by atoms with E-state index in [-0.39, 0.29) is 18.0 Å². The number of fused-ring (bicyclic) bond motifs is 1. The van der Waals surface area contributed by atoms with E-state index in [1.165, 1.54) is 14.2 Å². The Morgan fingerprint density at radius 1 is 0.968 bits per heavy atom. The third kappa shape index (κ3) is 4.09. The first-order valence-electron chi connectivity index (χ1n) is 9.81. The van der Waals surface area contributed by atoms with Crippen LogP contribution in [0, 0.1) is 0 Å². The fourth-order valence-corrected chi connectivity index (χ4v) is 3.61. The van der Waals surface area contributed by atoms with E-state index >= 15 is 0 Å². The predicted octanol–water partition coefficient (Wildman–Crippen LogP) is 2.66. The number of amides is 1. The number of aromatic nitrogens is 2. The van der Waals surface area contributed by atoms with Gasteiger partial charge in [0.05, 0.1) is 33.6 Å². The summed E-state index contributed by atoms with van der Waals surface area (Å²) in [7, 11) is 4.67. The maximum atomic E-state index is 13.1. The Morgan fingerprint density at radius 2 is 1.61 bits per heavy atom. The van der Waals surface area contributed by atoms with Crippen LogP contribution in [0.1, 0.15) is 21.6 Å². The highest BCUT2D eigenvalue weighted by Crippen LogP contribution is 2.26. The smallest absolute Gasteiger partial charge is 0.254 e. The zero-order valence-corrected chi connectivity index (χ0v) is 17.6. The maximum absolute atomic E-state index is 13.1. The van der Waals surface area contributed by atoms with Crippen LogP contribution in [0.3, 0.4) is 0 Å². The average molecular weight is 421 g/mol. The molecule has 0 unspecified atom stereocenters. The lowest BCUT2D eigenvalue weighted by molar-refractivity contribution is 0.0730. The predicted molar refractivity (Wildman–Crippen MR) is 115 cm³/mol. The Morgan fingerprint density at radius 3 is 2.23 bits per heavy atom. The molecule has 0 fully saturated rings. The van der Waals surface area contributed by atoms with Crippen molar-refractivity contribution in [2.45, 2.75) is 13.0 Å². The molecule has 1 aliphatic heterocycles. The molecule has 8 heteroatoms. The molecular weight excluding hydrogens is 398 g/mol. The number of nitrogens with zero attached hydrogens (tertiary/aromatic N) is 2. The van der Waals surface area contributed by atoms with Gasteiger partial charge in [-0.1, -0.05) is 0 Å². The number of rotatable bonds is 5. The van der Waals surface area contributed by atoms with E-state index in [4.69, 9.17) is 14.2 Å². The van der Waals surface area contributed by atoms with Gasteiger partial charge in [-0.2, -0.15) is 0 Å². The van der Waals surface area contributed by atoms with Crippen molar-refractivity contribution in [3.8, 4) is 28.6 Å². The minimum absolute atomic E-state index is 0.170. The first kappa shape index (κ1) is 20.5. The molecule has 1 amide bonds. The van der Waals surface area contributed by atoms with Gasteiger partial charge in [-0.3, -0.25) is 9.59 Å². The molecule has 1 aromatic heterocycles. The molecule has 1 aliphatic rings. The molecule has 4 rings (SSSR count). The van der Waals surface area contributed by atoms with E-state index in [9.17, 15) is 9.59 Å². The Labute approximate surface area is 179 Å². The molecule has 2 aromatic carbocycles. The van der Waals surface area contributed by atoms with Gasteiger partial charge in [0.2, 0.25) is 0 Å². The van der Waals surface area contributed by atoms with Gasteiger partial charge in [-0.25, -0.2) is 4.98 Å². The molecule has 1 N–H and O–H groups in total. The van der Waals surface area contributed by atoms with Crippen molar-refractivity contribution in [2.24, 2.45) is 0 Å². The molecule has 0 atom stereocenters. The molecule has 0 radical (unpaired) electrons. The average Bonchev–Trinajstić information content (AvgIpc) is 2.82. The highest BCUT2D eigenvalue weighted by molar-refractivity contribution is 5.95. The van der Waals surface area contributed by atoms with Gasteiger partial charge in [-0.05, 0) is 42.8 Å². The van der Waals surface area contributed by atoms with Crippen LogP contribution in [0.4, 0.5) is 0 Å². The van der Waals surface area contributed by atoms with Gasteiger partial charge in [0.15, 0.2) is 0 Å². The Kier molecular flexibility index (Phi) is 5.62. The van der Waals surface area contributed by atoms with Crippen molar-refractivity contribution in [1.29, 1.82) is 0 Å². The number of methoxy groups -OCH3 is 3. The number of carbonyl (C=O) groups excluding carboxylic acids is 1. The van der Waals surface area contributed by atoms with Gasteiger partial charge >= 0.3 is 0 Å². The summed E-state index contributed by atoms with van der Waals surface area (Å²) in [6, 6.07) is 12.3. The number of hydrogen-bond donors (Lipinski definition) is 1. The third-order valence-corrected chi connectivity index (χ3v) is 5.32. The van der Waals surface area contributed by atoms with Crippen LogP contribution in [0.15, 0.2) is 47.3 Å². The summed E-state index contributed by atoms with van der Waals surface area (Å²) in [5.41, 5.74) is 2.26. The minimum atomic E-state index is -0.175. The number of nitrogens with one attached hydrogen (secondary N) is 1. The number of hydrogen-bond acceptors (Lipinski definition) is 6. The van der Waals surface area contributed by atoms with Gasteiger partial charge in [-0.15, -0.1) is 0 Å². The lowest BCUT2D eigenvalue weighted by Gasteiger charge is -2.28. The van der Waals surface area contributed by atoms with E-state index in [0.29, 0.717) is 47.1 Å². The topological polar surface area (TPSA) is 93.8 Å². The summed E-state index contributed by atoms with van der Waals surface area (Å²) >= 11 is 0. The molecule has 160 valence electrons. The molecule has 0 spiro atoms. The SMILES string of the molecule is COc1ccc(-c2nc3c(c(=O)[nH]2)CCN(C(=O)c2cc(OC)cc(OC)c2)C3)cc1. The lowest BCUT2D eigenvalue weighted by Crippen LogP contribution is -2.39. The number of aromatic amines is 1. The summed E-state index contributed by atoms with van der Waals surface area (Å²) < 4.78 is 15.7. The molecule has 3 aromatic rings. The van der Waals surface area contributed by atoms with E-state index < -0.39 is 0 Å². The van der Waals surface area contributed by atoms with Crippen LogP contribution in [-0.4, -0.2) is 48.6 Å². The molecule has 8 nitrogen and oxygen atoms in total. The largest absolute Gasteiger partial charge is 0.497 e. The number of benzene rings is 2. The summed E-state index contributed by atoms with van der Waals surface area (Å²) in [5.74, 6) is 2.09. The van der Waals surface area contributed by atoms with E-state index in [1.807, 2.05) is 12.1 Å². The van der Waals surface area contributed by atoms with Crippen LogP contribution in [-0.2, 0) is 13.0 Å². The lowest BCUT2D eigenvalue weighted by atomic mass is 10.0. The monoisotopic (exact) mass is 421 g/mol. The summed E-state index contributed by atoms with van der Waals surface area (Å²) in [4.78, 5) is 35.0. The van der Waals surface area contributed by atoms with E-state index in [1.54, 1.807) is 42.3 Å². The molecule has 31 heavy (non-hydrogen) atoms. The van der Waals surface area contributed by atoms with Crippen molar-refractivity contribution in [3.05, 3.63) is 69.6 Å². The molecule has 0 saturated heterocycles.